The van der Waals surface area contributed by atoms with Crippen LogP contribution in [0.4, 0.5) is 11.5 Å². The molecule has 10 nitrogen and oxygen atoms in total. The number of pyridine rings is 3. The molecule has 4 aromatic heterocycles. The minimum atomic E-state index is -0.323. The van der Waals surface area contributed by atoms with E-state index in [4.69, 9.17) is 9.72 Å². The summed E-state index contributed by atoms with van der Waals surface area (Å²) in [5.41, 5.74) is 5.30. The number of nitrogens with zero attached hydrogens (tertiary/aromatic N) is 8. The van der Waals surface area contributed by atoms with Crippen LogP contribution in [0.5, 0.6) is 5.88 Å². The average molecular weight is 511 g/mol. The predicted octanol–water partition coefficient (Wildman–Crippen LogP) is 2.56. The summed E-state index contributed by atoms with van der Waals surface area (Å²) in [6, 6.07) is 12.4. The Balaban J connectivity index is 1.19. The molecule has 1 atom stereocenters. The van der Waals surface area contributed by atoms with E-state index in [1.807, 2.05) is 24.7 Å². The van der Waals surface area contributed by atoms with Crippen molar-refractivity contribution in [2.24, 2.45) is 0 Å². The molecule has 6 rings (SSSR count). The molecular formula is C28H30N8O2. The van der Waals surface area contributed by atoms with Gasteiger partial charge in [-0.1, -0.05) is 6.07 Å². The normalized spacial score (nSPS) is 18.2. The topological polar surface area (TPSA) is 106 Å². The fourth-order valence-electron chi connectivity index (χ4n) is 5.31. The summed E-state index contributed by atoms with van der Waals surface area (Å²) in [6.07, 6.45) is 7.72. The van der Waals surface area contributed by atoms with E-state index >= 15 is 0 Å². The molecule has 2 aliphatic rings. The first-order chi connectivity index (χ1) is 18.6. The molecule has 0 saturated carbocycles. The van der Waals surface area contributed by atoms with Crippen molar-refractivity contribution >= 4 is 17.0 Å². The Morgan fingerprint density at radius 1 is 1.03 bits per heavy atom. The van der Waals surface area contributed by atoms with Crippen LogP contribution in [-0.4, -0.2) is 82.1 Å². The zero-order chi connectivity index (χ0) is 26.1. The first kappa shape index (κ1) is 24.2. The number of fused-ring (bicyclic) bond motifs is 1. The van der Waals surface area contributed by atoms with Gasteiger partial charge in [-0.2, -0.15) is 10.4 Å². The van der Waals surface area contributed by atoms with E-state index in [0.29, 0.717) is 18.0 Å². The van der Waals surface area contributed by atoms with Gasteiger partial charge in [0.15, 0.2) is 0 Å². The number of rotatable bonds is 6. The van der Waals surface area contributed by atoms with E-state index in [1.165, 1.54) is 5.56 Å². The lowest BCUT2D eigenvalue weighted by Crippen LogP contribution is -2.46. The number of methoxy groups -OCH3 is 1. The minimum absolute atomic E-state index is 0.323. The third-order valence-electron chi connectivity index (χ3n) is 7.41. The van der Waals surface area contributed by atoms with Crippen LogP contribution in [0.15, 0.2) is 55.1 Å². The zero-order valence-electron chi connectivity index (χ0n) is 21.4. The third kappa shape index (κ3) is 4.74. The average Bonchev–Trinajstić information content (AvgIpc) is 3.59. The molecule has 0 bridgehead atoms. The molecule has 38 heavy (non-hydrogen) atoms. The van der Waals surface area contributed by atoms with Crippen molar-refractivity contribution in [3.63, 3.8) is 0 Å². The lowest BCUT2D eigenvalue weighted by molar-refractivity contribution is 0.198. The summed E-state index contributed by atoms with van der Waals surface area (Å²) in [5, 5.41) is 24.1. The number of piperazine rings is 1. The van der Waals surface area contributed by atoms with Gasteiger partial charge in [-0.15, -0.1) is 0 Å². The van der Waals surface area contributed by atoms with Crippen molar-refractivity contribution in [3.05, 3.63) is 66.2 Å². The molecule has 0 aromatic carbocycles. The number of nitriles is 1. The predicted molar refractivity (Wildman–Crippen MR) is 144 cm³/mol. The molecule has 6 heterocycles. The fourth-order valence-corrected chi connectivity index (χ4v) is 5.31. The highest BCUT2D eigenvalue weighted by molar-refractivity contribution is 5.86. The number of aliphatic hydroxyl groups is 1. The second kappa shape index (κ2) is 10.3. The molecule has 0 aliphatic carbocycles. The van der Waals surface area contributed by atoms with Gasteiger partial charge in [0.25, 0.3) is 0 Å². The second-order valence-electron chi connectivity index (χ2n) is 9.84. The zero-order valence-corrected chi connectivity index (χ0v) is 21.4. The highest BCUT2D eigenvalue weighted by Gasteiger charge is 2.23. The Bertz CT molecular complexity index is 1450. The van der Waals surface area contributed by atoms with Crippen LogP contribution in [0.1, 0.15) is 17.5 Å². The Hall–Kier alpha value is -4.20. The molecule has 2 saturated heterocycles. The van der Waals surface area contributed by atoms with Crippen LogP contribution in [0, 0.1) is 11.3 Å². The third-order valence-corrected chi connectivity index (χ3v) is 7.41. The highest BCUT2D eigenvalue weighted by atomic mass is 16.5. The fraction of sp³-hybridized carbons (Fsp3) is 0.357. The Kier molecular flexibility index (Phi) is 6.54. The smallest absolute Gasteiger partial charge is 0.212 e. The van der Waals surface area contributed by atoms with E-state index in [2.05, 4.69) is 55.1 Å². The molecule has 0 radical (unpaired) electrons. The lowest BCUT2D eigenvalue weighted by Gasteiger charge is -2.35. The van der Waals surface area contributed by atoms with Crippen molar-refractivity contribution in [2.45, 2.75) is 19.1 Å². The molecule has 0 amide bonds. The number of hydrogen-bond acceptors (Lipinski definition) is 9. The van der Waals surface area contributed by atoms with E-state index < -0.39 is 0 Å². The number of anilines is 2. The SMILES string of the molecule is COc1ccc(CN2CCN(c3ccc(-c4cc(N5CC[C@@H](O)C5)cn5ncc(C#N)c45)cn3)CC2)cn1. The van der Waals surface area contributed by atoms with Gasteiger partial charge in [-0.05, 0) is 30.2 Å². The molecule has 10 heteroatoms. The molecule has 0 spiro atoms. The van der Waals surface area contributed by atoms with Gasteiger partial charge in [0.1, 0.15) is 11.9 Å². The van der Waals surface area contributed by atoms with Gasteiger partial charge in [-0.3, -0.25) is 4.90 Å². The standard InChI is InChI=1S/C28H30N8O2/c1-38-27-5-2-20(14-31-27)17-33-8-10-34(11-9-33)26-4-3-21(15-30-26)25-12-23(35-7-6-24(37)19-35)18-36-28(25)22(13-29)16-32-36/h2-5,12,14-16,18,24,37H,6-11,17,19H2,1H3/t24-/m1/s1. The van der Waals surface area contributed by atoms with E-state index in [-0.39, 0.29) is 6.10 Å². The Morgan fingerprint density at radius 2 is 1.89 bits per heavy atom. The number of ether oxygens (including phenoxy) is 1. The largest absolute Gasteiger partial charge is 0.481 e. The molecule has 1 N–H and O–H groups in total. The summed E-state index contributed by atoms with van der Waals surface area (Å²) < 4.78 is 6.92. The van der Waals surface area contributed by atoms with E-state index in [9.17, 15) is 10.4 Å². The van der Waals surface area contributed by atoms with Crippen LogP contribution in [-0.2, 0) is 6.54 Å². The van der Waals surface area contributed by atoms with Crippen molar-refractivity contribution in [2.75, 3.05) is 56.2 Å². The summed E-state index contributed by atoms with van der Waals surface area (Å²) in [7, 11) is 1.63. The summed E-state index contributed by atoms with van der Waals surface area (Å²) >= 11 is 0. The van der Waals surface area contributed by atoms with Gasteiger partial charge < -0.3 is 19.6 Å². The Morgan fingerprint density at radius 3 is 2.55 bits per heavy atom. The maximum absolute atomic E-state index is 10.0. The van der Waals surface area contributed by atoms with Crippen LogP contribution in [0.2, 0.25) is 0 Å². The van der Waals surface area contributed by atoms with Crippen molar-refractivity contribution in [3.8, 4) is 23.1 Å². The number of hydrogen-bond donors (Lipinski definition) is 1. The molecule has 2 aliphatic heterocycles. The lowest BCUT2D eigenvalue weighted by atomic mass is 10.0. The Labute approximate surface area is 221 Å². The van der Waals surface area contributed by atoms with Gasteiger partial charge >= 0.3 is 0 Å². The van der Waals surface area contributed by atoms with Crippen LogP contribution in [0.25, 0.3) is 16.6 Å². The van der Waals surface area contributed by atoms with Crippen LogP contribution >= 0.6 is 0 Å². The number of aromatic nitrogens is 4. The number of β-amino-alcohol motifs (C(OH)–C–C–N with tert-alkyl or cyclic N) is 1. The number of aliphatic hydroxyl groups excluding tert-OH is 1. The summed E-state index contributed by atoms with van der Waals surface area (Å²) in [4.78, 5) is 16.0. The van der Waals surface area contributed by atoms with Crippen LogP contribution in [0.3, 0.4) is 0 Å². The molecule has 0 unspecified atom stereocenters. The second-order valence-corrected chi connectivity index (χ2v) is 9.84. The molecule has 194 valence electrons. The van der Waals surface area contributed by atoms with Crippen molar-refractivity contribution < 1.29 is 9.84 Å². The molecule has 2 fully saturated rings. The maximum Gasteiger partial charge on any atom is 0.212 e. The first-order valence-electron chi connectivity index (χ1n) is 12.9. The molecule has 4 aromatic rings. The van der Waals surface area contributed by atoms with E-state index in [0.717, 1.165) is 73.8 Å². The van der Waals surface area contributed by atoms with Crippen molar-refractivity contribution in [1.82, 2.24) is 24.5 Å². The van der Waals surface area contributed by atoms with E-state index in [1.54, 1.807) is 17.8 Å². The van der Waals surface area contributed by atoms with Crippen LogP contribution < -0.4 is 14.5 Å². The highest BCUT2D eigenvalue weighted by Crippen LogP contribution is 2.33. The quantitative estimate of drug-likeness (QED) is 0.419. The monoisotopic (exact) mass is 510 g/mol. The van der Waals surface area contributed by atoms with Gasteiger partial charge in [0, 0.05) is 75.4 Å². The van der Waals surface area contributed by atoms with Gasteiger partial charge in [0.2, 0.25) is 5.88 Å². The summed E-state index contributed by atoms with van der Waals surface area (Å²) in [5.74, 6) is 1.58. The summed E-state index contributed by atoms with van der Waals surface area (Å²) in [6.45, 7) is 5.93. The maximum atomic E-state index is 10.0. The van der Waals surface area contributed by atoms with Gasteiger partial charge in [0.05, 0.1) is 42.4 Å². The molecular weight excluding hydrogens is 480 g/mol. The van der Waals surface area contributed by atoms with Gasteiger partial charge in [-0.25, -0.2) is 14.5 Å². The first-order valence-corrected chi connectivity index (χ1v) is 12.9. The minimum Gasteiger partial charge on any atom is -0.481 e. The van der Waals surface area contributed by atoms with Crippen molar-refractivity contribution in [1.29, 1.82) is 5.26 Å².